The van der Waals surface area contributed by atoms with Crippen LogP contribution in [-0.4, -0.2) is 16.5 Å². The first-order chi connectivity index (χ1) is 7.24. The minimum atomic E-state index is 0.178. The third kappa shape index (κ3) is 1.46. The number of benzene rings is 1. The van der Waals surface area contributed by atoms with Crippen LogP contribution in [0.25, 0.3) is 16.6 Å². The van der Waals surface area contributed by atoms with Crippen LogP contribution in [0.1, 0.15) is 5.56 Å². The summed E-state index contributed by atoms with van der Waals surface area (Å²) in [6.45, 7) is 3.74. The monoisotopic (exact) mass is 202 g/mol. The number of fused-ring (bicyclic) bond motifs is 1. The number of phenols is 1. The fourth-order valence-electron chi connectivity index (χ4n) is 1.55. The fourth-order valence-corrected chi connectivity index (χ4v) is 1.55. The van der Waals surface area contributed by atoms with Crippen LogP contribution < -0.4 is 5.32 Å². The molecular formula is C11H10N2O2. The Morgan fingerprint density at radius 1 is 1.47 bits per heavy atom. The second-order valence-electron chi connectivity index (χ2n) is 3.14. The van der Waals surface area contributed by atoms with Crippen LogP contribution in [0, 0.1) is 0 Å². The van der Waals surface area contributed by atoms with E-state index in [4.69, 9.17) is 0 Å². The van der Waals surface area contributed by atoms with Gasteiger partial charge < -0.3 is 15.4 Å². The maximum Gasteiger partial charge on any atom is 0.211 e. The molecule has 1 amide bonds. The van der Waals surface area contributed by atoms with Crippen molar-refractivity contribution in [3.63, 3.8) is 0 Å². The molecule has 76 valence electrons. The molecule has 1 aromatic heterocycles. The lowest BCUT2D eigenvalue weighted by Gasteiger charge is -2.06. The number of phenolic OH excluding ortho intramolecular Hbond substituents is 1. The zero-order valence-electron chi connectivity index (χ0n) is 7.95. The molecule has 1 aromatic carbocycles. The van der Waals surface area contributed by atoms with E-state index in [1.165, 1.54) is 0 Å². The third-order valence-corrected chi connectivity index (χ3v) is 2.26. The van der Waals surface area contributed by atoms with E-state index < -0.39 is 0 Å². The molecule has 0 radical (unpaired) electrons. The summed E-state index contributed by atoms with van der Waals surface area (Å²) in [5.74, 6) is 0.178. The predicted molar refractivity (Wildman–Crippen MR) is 58.2 cm³/mol. The number of carbonyl (C=O) groups excluding carboxylic acids is 1. The number of nitrogens with one attached hydrogen (secondary N) is 2. The zero-order valence-corrected chi connectivity index (χ0v) is 7.95. The maximum absolute atomic E-state index is 10.3. The molecule has 1 heterocycles. The number of hydrogen-bond acceptors (Lipinski definition) is 2. The van der Waals surface area contributed by atoms with Gasteiger partial charge in [0.2, 0.25) is 6.41 Å². The van der Waals surface area contributed by atoms with E-state index in [-0.39, 0.29) is 5.75 Å². The molecule has 0 aliphatic heterocycles. The van der Waals surface area contributed by atoms with Crippen molar-refractivity contribution in [1.82, 2.24) is 10.3 Å². The summed E-state index contributed by atoms with van der Waals surface area (Å²) in [4.78, 5) is 13.2. The van der Waals surface area contributed by atoms with E-state index in [1.54, 1.807) is 18.3 Å². The number of H-pyrrole nitrogens is 1. The Morgan fingerprint density at radius 2 is 2.27 bits per heavy atom. The van der Waals surface area contributed by atoms with Crippen molar-refractivity contribution in [3.05, 3.63) is 36.5 Å². The van der Waals surface area contributed by atoms with E-state index >= 15 is 0 Å². The topological polar surface area (TPSA) is 65.1 Å². The lowest BCUT2D eigenvalue weighted by atomic mass is 10.1. The van der Waals surface area contributed by atoms with Gasteiger partial charge in [-0.1, -0.05) is 6.58 Å². The van der Waals surface area contributed by atoms with Crippen molar-refractivity contribution in [2.24, 2.45) is 0 Å². The van der Waals surface area contributed by atoms with Gasteiger partial charge >= 0.3 is 0 Å². The van der Waals surface area contributed by atoms with E-state index in [9.17, 15) is 9.90 Å². The van der Waals surface area contributed by atoms with Gasteiger partial charge in [0, 0.05) is 22.8 Å². The molecule has 0 spiro atoms. The molecule has 4 heteroatoms. The van der Waals surface area contributed by atoms with Gasteiger partial charge in [0.15, 0.2) is 0 Å². The van der Waals surface area contributed by atoms with Crippen molar-refractivity contribution < 1.29 is 9.90 Å². The van der Waals surface area contributed by atoms with Crippen molar-refractivity contribution in [2.75, 3.05) is 0 Å². The number of aromatic amines is 1. The van der Waals surface area contributed by atoms with Gasteiger partial charge in [-0.25, -0.2) is 0 Å². The SMILES string of the molecule is C=C(NC=O)c1ccc(O)c2[nH]ccc12. The molecule has 2 aromatic rings. The number of hydrogen-bond donors (Lipinski definition) is 3. The molecule has 15 heavy (non-hydrogen) atoms. The molecule has 0 aliphatic rings. The van der Waals surface area contributed by atoms with Gasteiger partial charge in [0.05, 0.1) is 5.52 Å². The van der Waals surface area contributed by atoms with E-state index in [2.05, 4.69) is 16.9 Å². The summed E-state index contributed by atoms with van der Waals surface area (Å²) in [5.41, 5.74) is 1.94. The van der Waals surface area contributed by atoms with Crippen LogP contribution in [0.2, 0.25) is 0 Å². The molecule has 0 bridgehead atoms. The molecule has 0 fully saturated rings. The second-order valence-corrected chi connectivity index (χ2v) is 3.14. The van der Waals surface area contributed by atoms with Gasteiger partial charge in [0.1, 0.15) is 5.75 Å². The van der Waals surface area contributed by atoms with Crippen molar-refractivity contribution in [3.8, 4) is 5.75 Å². The van der Waals surface area contributed by atoms with E-state index in [0.717, 1.165) is 10.9 Å². The molecule has 0 unspecified atom stereocenters. The summed E-state index contributed by atoms with van der Waals surface area (Å²) >= 11 is 0. The Hall–Kier alpha value is -2.23. The molecule has 3 N–H and O–H groups in total. The lowest BCUT2D eigenvalue weighted by Crippen LogP contribution is -2.07. The minimum Gasteiger partial charge on any atom is -0.506 e. The molecule has 0 saturated carbocycles. The number of aromatic nitrogens is 1. The number of amides is 1. The Labute approximate surface area is 86.2 Å². The Kier molecular flexibility index (Phi) is 2.17. The van der Waals surface area contributed by atoms with Crippen LogP contribution in [-0.2, 0) is 4.79 Å². The number of rotatable bonds is 3. The van der Waals surface area contributed by atoms with E-state index in [0.29, 0.717) is 17.6 Å². The number of aromatic hydroxyl groups is 1. The quantitative estimate of drug-likeness (QED) is 0.662. The highest BCUT2D eigenvalue weighted by Gasteiger charge is 2.07. The highest BCUT2D eigenvalue weighted by molar-refractivity contribution is 5.95. The molecule has 4 nitrogen and oxygen atoms in total. The van der Waals surface area contributed by atoms with Crippen LogP contribution in [0.15, 0.2) is 31.0 Å². The predicted octanol–water partition coefficient (Wildman–Crippen LogP) is 1.59. The summed E-state index contributed by atoms with van der Waals surface area (Å²) in [6, 6.07) is 5.10. The van der Waals surface area contributed by atoms with Gasteiger partial charge in [-0.2, -0.15) is 0 Å². The normalized spacial score (nSPS) is 10.1. The van der Waals surface area contributed by atoms with E-state index in [1.807, 2.05) is 6.07 Å². The standard InChI is InChI=1S/C11H10N2O2/c1-7(13-6-14)8-2-3-10(15)11-9(8)4-5-12-11/h2-6,12,15H,1H2,(H,13,14). The molecular weight excluding hydrogens is 192 g/mol. The Bertz CT molecular complexity index is 528. The number of carbonyl (C=O) groups is 1. The molecule has 0 atom stereocenters. The summed E-state index contributed by atoms with van der Waals surface area (Å²) < 4.78 is 0. The largest absolute Gasteiger partial charge is 0.506 e. The second kappa shape index (κ2) is 3.49. The first-order valence-corrected chi connectivity index (χ1v) is 4.42. The minimum absolute atomic E-state index is 0.178. The lowest BCUT2D eigenvalue weighted by molar-refractivity contribution is -0.108. The highest BCUT2D eigenvalue weighted by atomic mass is 16.3. The average Bonchev–Trinajstić information content (AvgIpc) is 2.68. The maximum atomic E-state index is 10.3. The Morgan fingerprint density at radius 3 is 3.00 bits per heavy atom. The Balaban J connectivity index is 2.61. The fraction of sp³-hybridized carbons (Fsp3) is 0. The summed E-state index contributed by atoms with van der Waals surface area (Å²) in [6.07, 6.45) is 2.30. The zero-order chi connectivity index (χ0) is 10.8. The van der Waals surface area contributed by atoms with Crippen molar-refractivity contribution in [2.45, 2.75) is 0 Å². The first-order valence-electron chi connectivity index (χ1n) is 4.42. The van der Waals surface area contributed by atoms with Gasteiger partial charge in [-0.3, -0.25) is 4.79 Å². The van der Waals surface area contributed by atoms with Crippen molar-refractivity contribution in [1.29, 1.82) is 0 Å². The molecule has 0 aliphatic carbocycles. The third-order valence-electron chi connectivity index (χ3n) is 2.26. The van der Waals surface area contributed by atoms with Crippen LogP contribution in [0.3, 0.4) is 0 Å². The summed E-state index contributed by atoms with van der Waals surface area (Å²) in [7, 11) is 0. The van der Waals surface area contributed by atoms with Crippen LogP contribution in [0.4, 0.5) is 0 Å². The molecule has 0 saturated heterocycles. The first kappa shape index (κ1) is 9.33. The van der Waals surface area contributed by atoms with Crippen LogP contribution >= 0.6 is 0 Å². The highest BCUT2D eigenvalue weighted by Crippen LogP contribution is 2.28. The average molecular weight is 202 g/mol. The summed E-state index contributed by atoms with van der Waals surface area (Å²) in [5, 5.41) is 12.9. The van der Waals surface area contributed by atoms with Gasteiger partial charge in [0.25, 0.3) is 0 Å². The van der Waals surface area contributed by atoms with Crippen LogP contribution in [0.5, 0.6) is 5.75 Å². The van der Waals surface area contributed by atoms with Crippen molar-refractivity contribution >= 4 is 23.0 Å². The molecule has 2 rings (SSSR count). The smallest absolute Gasteiger partial charge is 0.211 e. The van der Waals surface area contributed by atoms with Gasteiger partial charge in [-0.05, 0) is 18.2 Å². The van der Waals surface area contributed by atoms with Gasteiger partial charge in [-0.15, -0.1) is 0 Å².